The van der Waals surface area contributed by atoms with E-state index in [1.54, 1.807) is 29.2 Å². The molecule has 2 amide bonds. The van der Waals surface area contributed by atoms with Crippen LogP contribution in [0.1, 0.15) is 16.8 Å². The van der Waals surface area contributed by atoms with Crippen LogP contribution in [0.2, 0.25) is 0 Å². The number of H-pyrrole nitrogens is 1. The van der Waals surface area contributed by atoms with Crippen molar-refractivity contribution in [1.29, 1.82) is 0 Å². The molecule has 0 spiro atoms. The predicted molar refractivity (Wildman–Crippen MR) is 90.8 cm³/mol. The average Bonchev–Trinajstić information content (AvgIpc) is 3.28. The zero-order valence-corrected chi connectivity index (χ0v) is 14.0. The van der Waals surface area contributed by atoms with Crippen molar-refractivity contribution in [3.05, 3.63) is 42.2 Å². The van der Waals surface area contributed by atoms with E-state index in [1.165, 1.54) is 0 Å². The second kappa shape index (κ2) is 6.33. The van der Waals surface area contributed by atoms with Crippen molar-refractivity contribution in [3.8, 4) is 11.1 Å². The van der Waals surface area contributed by atoms with Gasteiger partial charge >= 0.3 is 0 Å². The van der Waals surface area contributed by atoms with Gasteiger partial charge in [0.1, 0.15) is 0 Å². The summed E-state index contributed by atoms with van der Waals surface area (Å²) in [6, 6.07) is 7.43. The van der Waals surface area contributed by atoms with Crippen LogP contribution in [0.3, 0.4) is 0 Å². The Kier molecular flexibility index (Phi) is 4.01. The van der Waals surface area contributed by atoms with E-state index >= 15 is 0 Å². The zero-order valence-electron chi connectivity index (χ0n) is 14.0. The molecule has 4 rings (SSSR count). The first-order chi connectivity index (χ1) is 12.1. The first kappa shape index (κ1) is 15.8. The lowest BCUT2D eigenvalue weighted by Gasteiger charge is -2.25. The lowest BCUT2D eigenvalue weighted by molar-refractivity contribution is -0.131. The first-order valence-electron chi connectivity index (χ1n) is 8.39. The maximum absolute atomic E-state index is 12.9. The van der Waals surface area contributed by atoms with Gasteiger partial charge in [-0.1, -0.05) is 12.1 Å². The third kappa shape index (κ3) is 2.91. The van der Waals surface area contributed by atoms with E-state index in [0.717, 1.165) is 11.1 Å². The molecular formula is C18H20N4O3. The highest BCUT2D eigenvalue weighted by molar-refractivity contribution is 5.95. The van der Waals surface area contributed by atoms with Crippen LogP contribution in [0, 0.1) is 0 Å². The summed E-state index contributed by atoms with van der Waals surface area (Å²) in [5, 5.41) is 6.73. The molecule has 0 radical (unpaired) electrons. The van der Waals surface area contributed by atoms with Crippen molar-refractivity contribution in [2.24, 2.45) is 0 Å². The van der Waals surface area contributed by atoms with E-state index in [9.17, 15) is 9.59 Å². The minimum atomic E-state index is -0.113. The van der Waals surface area contributed by atoms with E-state index in [4.69, 9.17) is 4.74 Å². The molecule has 0 unspecified atom stereocenters. The minimum absolute atomic E-state index is 0.0390. The molecule has 7 heteroatoms. The fraction of sp³-hybridized carbons (Fsp3) is 0.389. The lowest BCUT2D eigenvalue weighted by Crippen LogP contribution is -2.43. The zero-order chi connectivity index (χ0) is 17.4. The van der Waals surface area contributed by atoms with Crippen molar-refractivity contribution >= 4 is 11.8 Å². The SMILES string of the molecule is CN1C(=O)CCO[C@H]2CN(C(=O)c3cccc(-c4cn[nH]c4)c3)C[C@@H]21. The molecule has 1 aromatic heterocycles. The molecule has 0 aliphatic carbocycles. The number of carbonyl (C=O) groups is 2. The van der Waals surface area contributed by atoms with Gasteiger partial charge < -0.3 is 14.5 Å². The lowest BCUT2D eigenvalue weighted by atomic mass is 10.1. The summed E-state index contributed by atoms with van der Waals surface area (Å²) in [5.74, 6) is 0.0339. The van der Waals surface area contributed by atoms with E-state index in [0.29, 0.717) is 31.7 Å². The topological polar surface area (TPSA) is 78.5 Å². The van der Waals surface area contributed by atoms with E-state index in [1.807, 2.05) is 24.3 Å². The summed E-state index contributed by atoms with van der Waals surface area (Å²) in [4.78, 5) is 28.4. The fourth-order valence-electron chi connectivity index (χ4n) is 3.54. The standard InChI is InChI=1S/C18H20N4O3/c1-21-15-10-22(11-16(15)25-6-5-17(21)23)18(24)13-4-2-3-12(7-13)14-8-19-20-9-14/h2-4,7-9,15-16H,5-6,10-11H2,1H3,(H,19,20)/t15-,16-/m0/s1. The molecule has 2 aliphatic heterocycles. The van der Waals surface area contributed by atoms with Gasteiger partial charge in [-0.05, 0) is 17.7 Å². The number of amides is 2. The van der Waals surface area contributed by atoms with Crippen molar-refractivity contribution in [3.63, 3.8) is 0 Å². The molecule has 2 atom stereocenters. The molecule has 2 aromatic rings. The quantitative estimate of drug-likeness (QED) is 0.889. The van der Waals surface area contributed by atoms with Crippen LogP contribution in [0.4, 0.5) is 0 Å². The summed E-state index contributed by atoms with van der Waals surface area (Å²) in [5.41, 5.74) is 2.51. The Hall–Kier alpha value is -2.67. The number of aromatic nitrogens is 2. The molecule has 25 heavy (non-hydrogen) atoms. The number of rotatable bonds is 2. The summed E-state index contributed by atoms with van der Waals surface area (Å²) in [6.45, 7) is 1.43. The molecule has 3 heterocycles. The monoisotopic (exact) mass is 340 g/mol. The molecule has 2 fully saturated rings. The molecule has 130 valence electrons. The molecule has 0 saturated carbocycles. The van der Waals surface area contributed by atoms with Crippen LogP contribution in [0.5, 0.6) is 0 Å². The summed E-state index contributed by atoms with van der Waals surface area (Å²) >= 11 is 0. The number of carbonyl (C=O) groups excluding carboxylic acids is 2. The van der Waals surface area contributed by atoms with Crippen molar-refractivity contribution in [2.75, 3.05) is 26.7 Å². The van der Waals surface area contributed by atoms with E-state index in [2.05, 4.69) is 10.2 Å². The molecule has 1 aromatic carbocycles. The molecule has 2 saturated heterocycles. The van der Waals surface area contributed by atoms with Crippen molar-refractivity contribution in [2.45, 2.75) is 18.6 Å². The Bertz CT molecular complexity index is 789. The number of likely N-dealkylation sites (tertiary alicyclic amines) is 1. The van der Waals surface area contributed by atoms with Gasteiger partial charge in [-0.3, -0.25) is 14.7 Å². The van der Waals surface area contributed by atoms with Gasteiger partial charge in [-0.25, -0.2) is 0 Å². The predicted octanol–water partition coefficient (Wildman–Crippen LogP) is 1.15. The van der Waals surface area contributed by atoms with E-state index in [-0.39, 0.29) is 24.0 Å². The molecule has 1 N–H and O–H groups in total. The molecule has 7 nitrogen and oxygen atoms in total. The van der Waals surface area contributed by atoms with E-state index < -0.39 is 0 Å². The number of nitrogens with zero attached hydrogens (tertiary/aromatic N) is 3. The second-order valence-corrected chi connectivity index (χ2v) is 6.51. The number of hydrogen-bond acceptors (Lipinski definition) is 4. The Balaban J connectivity index is 1.54. The molecular weight excluding hydrogens is 320 g/mol. The Morgan fingerprint density at radius 2 is 2.20 bits per heavy atom. The normalized spacial score (nSPS) is 23.5. The van der Waals surface area contributed by atoms with Crippen molar-refractivity contribution in [1.82, 2.24) is 20.0 Å². The number of nitrogens with one attached hydrogen (secondary N) is 1. The van der Waals surface area contributed by atoms with Crippen LogP contribution in [-0.4, -0.2) is 70.7 Å². The number of aromatic amines is 1. The van der Waals surface area contributed by atoms with Gasteiger partial charge in [0.05, 0.1) is 31.4 Å². The number of likely N-dealkylation sites (N-methyl/N-ethyl adjacent to an activating group) is 1. The molecule has 0 bridgehead atoms. The average molecular weight is 340 g/mol. The van der Waals surface area contributed by atoms with Gasteiger partial charge in [-0.15, -0.1) is 0 Å². The van der Waals surface area contributed by atoms with Crippen LogP contribution >= 0.6 is 0 Å². The summed E-state index contributed by atoms with van der Waals surface area (Å²) < 4.78 is 5.80. The second-order valence-electron chi connectivity index (χ2n) is 6.51. The van der Waals surface area contributed by atoms with Crippen LogP contribution in [0.25, 0.3) is 11.1 Å². The minimum Gasteiger partial charge on any atom is -0.374 e. The van der Waals surface area contributed by atoms with Gasteiger partial charge in [0, 0.05) is 37.5 Å². The number of benzene rings is 1. The molecule has 2 aliphatic rings. The van der Waals surface area contributed by atoms with Gasteiger partial charge in [0.15, 0.2) is 0 Å². The third-order valence-corrected chi connectivity index (χ3v) is 5.00. The summed E-state index contributed by atoms with van der Waals surface area (Å²) in [6.07, 6.45) is 3.82. The highest BCUT2D eigenvalue weighted by atomic mass is 16.5. The Morgan fingerprint density at radius 3 is 3.00 bits per heavy atom. The van der Waals surface area contributed by atoms with Gasteiger partial charge in [-0.2, -0.15) is 5.10 Å². The first-order valence-corrected chi connectivity index (χ1v) is 8.39. The highest BCUT2D eigenvalue weighted by Crippen LogP contribution is 2.25. The summed E-state index contributed by atoms with van der Waals surface area (Å²) in [7, 11) is 1.79. The Morgan fingerprint density at radius 1 is 1.32 bits per heavy atom. The largest absolute Gasteiger partial charge is 0.374 e. The number of hydrogen-bond donors (Lipinski definition) is 1. The van der Waals surface area contributed by atoms with Gasteiger partial charge in [0.2, 0.25) is 5.91 Å². The van der Waals surface area contributed by atoms with Crippen LogP contribution < -0.4 is 0 Å². The number of fused-ring (bicyclic) bond motifs is 1. The smallest absolute Gasteiger partial charge is 0.254 e. The number of ether oxygens (including phenoxy) is 1. The highest BCUT2D eigenvalue weighted by Gasteiger charge is 2.41. The van der Waals surface area contributed by atoms with Crippen LogP contribution in [-0.2, 0) is 9.53 Å². The third-order valence-electron chi connectivity index (χ3n) is 5.00. The van der Waals surface area contributed by atoms with Crippen LogP contribution in [0.15, 0.2) is 36.7 Å². The Labute approximate surface area is 145 Å². The fourth-order valence-corrected chi connectivity index (χ4v) is 3.54. The maximum Gasteiger partial charge on any atom is 0.254 e. The van der Waals surface area contributed by atoms with Crippen molar-refractivity contribution < 1.29 is 14.3 Å². The maximum atomic E-state index is 12.9. The van der Waals surface area contributed by atoms with Gasteiger partial charge in [0.25, 0.3) is 5.91 Å².